The Morgan fingerprint density at radius 1 is 1.22 bits per heavy atom. The van der Waals surface area contributed by atoms with Gasteiger partial charge in [-0.1, -0.05) is 28.4 Å². The van der Waals surface area contributed by atoms with Crippen molar-refractivity contribution < 1.29 is 36.4 Å². The highest BCUT2D eigenvalue weighted by molar-refractivity contribution is 8.05. The quantitative estimate of drug-likeness (QED) is 0.355. The maximum atomic E-state index is 14.3. The Labute approximate surface area is 217 Å². The van der Waals surface area contributed by atoms with E-state index in [1.165, 1.54) is 0 Å². The van der Waals surface area contributed by atoms with Crippen molar-refractivity contribution in [3.05, 3.63) is 44.0 Å². The molecule has 3 unspecified atom stereocenters. The van der Waals surface area contributed by atoms with Crippen LogP contribution >= 0.6 is 35.0 Å². The van der Waals surface area contributed by atoms with Gasteiger partial charge >= 0.3 is 6.18 Å². The molecule has 6 nitrogen and oxygen atoms in total. The van der Waals surface area contributed by atoms with Crippen LogP contribution in [0.3, 0.4) is 0 Å². The molecule has 1 fully saturated rings. The van der Waals surface area contributed by atoms with Crippen molar-refractivity contribution in [3.8, 4) is 0 Å². The number of allylic oxidation sites excluding steroid dienone is 2. The van der Waals surface area contributed by atoms with Crippen LogP contribution in [0.15, 0.2) is 27.8 Å². The molecular weight excluding hydrogens is 552 g/mol. The summed E-state index contributed by atoms with van der Waals surface area (Å²) in [6, 6.07) is 1.63. The van der Waals surface area contributed by atoms with E-state index in [2.05, 4.69) is 15.8 Å². The van der Waals surface area contributed by atoms with Crippen molar-refractivity contribution in [1.82, 2.24) is 10.6 Å². The van der Waals surface area contributed by atoms with Crippen LogP contribution in [-0.4, -0.2) is 48.7 Å². The standard InChI is InChI=1S/C22H20Cl2F5N3O3S/c23-13-6-10(7-14(24)17(13)26)21(22(27,28)29)8-15(32-35-21)18-11-2-1-3-12(11)19(36-18)20(34)31-9-16(33)30-5-4-25/h6-7,12,19H,1-5,8-9H2,(H,30,33)(H,31,34). The predicted molar refractivity (Wildman–Crippen MR) is 125 cm³/mol. The Hall–Kier alpha value is -2.05. The number of carbonyl (C=O) groups is 2. The van der Waals surface area contributed by atoms with Crippen LogP contribution in [0.2, 0.25) is 10.0 Å². The molecule has 3 atom stereocenters. The summed E-state index contributed by atoms with van der Waals surface area (Å²) in [6.07, 6.45) is -3.68. The van der Waals surface area contributed by atoms with Gasteiger partial charge in [-0.3, -0.25) is 9.59 Å². The first-order valence-electron chi connectivity index (χ1n) is 11.0. The number of benzene rings is 1. The van der Waals surface area contributed by atoms with Gasteiger partial charge in [-0.25, -0.2) is 8.78 Å². The molecule has 4 rings (SSSR count). The van der Waals surface area contributed by atoms with Crippen molar-refractivity contribution in [1.29, 1.82) is 0 Å². The van der Waals surface area contributed by atoms with Gasteiger partial charge in [0.15, 0.2) is 5.82 Å². The molecule has 2 N–H and O–H groups in total. The molecule has 2 aliphatic heterocycles. The molecule has 0 radical (unpaired) electrons. The van der Waals surface area contributed by atoms with Gasteiger partial charge in [0, 0.05) is 22.9 Å². The van der Waals surface area contributed by atoms with E-state index in [9.17, 15) is 31.5 Å². The summed E-state index contributed by atoms with van der Waals surface area (Å²) < 4.78 is 69.1. The van der Waals surface area contributed by atoms with Crippen molar-refractivity contribution in [2.75, 3.05) is 19.8 Å². The summed E-state index contributed by atoms with van der Waals surface area (Å²) >= 11 is 12.6. The topological polar surface area (TPSA) is 79.8 Å². The highest BCUT2D eigenvalue weighted by Gasteiger charge is 2.63. The number of hydrogen-bond acceptors (Lipinski definition) is 5. The number of thioether (sulfide) groups is 1. The third kappa shape index (κ3) is 4.91. The SMILES string of the molecule is O=C(CNC(=O)C1SC(C2=NOC(c3cc(Cl)c(F)c(Cl)c3)(C(F)(F)F)C2)=C2CCCC21)NCCF. The number of carbonyl (C=O) groups excluding carboxylic acids is 2. The second kappa shape index (κ2) is 10.4. The highest BCUT2D eigenvalue weighted by atomic mass is 35.5. The zero-order chi connectivity index (χ0) is 26.3. The Morgan fingerprint density at radius 3 is 2.56 bits per heavy atom. The van der Waals surface area contributed by atoms with E-state index >= 15 is 0 Å². The summed E-state index contributed by atoms with van der Waals surface area (Å²) in [6.45, 7) is -1.26. The molecule has 196 valence electrons. The lowest BCUT2D eigenvalue weighted by atomic mass is 9.87. The third-order valence-corrected chi connectivity index (χ3v) is 8.39. The minimum absolute atomic E-state index is 0.0202. The molecule has 1 saturated carbocycles. The average Bonchev–Trinajstić information content (AvgIpc) is 3.54. The van der Waals surface area contributed by atoms with Gasteiger partial charge in [-0.2, -0.15) is 13.2 Å². The minimum atomic E-state index is -4.95. The number of halogens is 7. The van der Waals surface area contributed by atoms with E-state index in [-0.39, 0.29) is 24.7 Å². The fourth-order valence-electron chi connectivity index (χ4n) is 4.59. The van der Waals surface area contributed by atoms with Crippen molar-refractivity contribution in [2.45, 2.75) is 42.7 Å². The lowest BCUT2D eigenvalue weighted by molar-refractivity contribution is -0.275. The minimum Gasteiger partial charge on any atom is -0.374 e. The first kappa shape index (κ1) is 27.0. The summed E-state index contributed by atoms with van der Waals surface area (Å²) in [7, 11) is 0. The average molecular weight is 572 g/mol. The largest absolute Gasteiger partial charge is 0.435 e. The lowest BCUT2D eigenvalue weighted by Crippen LogP contribution is -2.43. The maximum Gasteiger partial charge on any atom is 0.435 e. The molecule has 3 aliphatic rings. The zero-order valence-electron chi connectivity index (χ0n) is 18.5. The number of oxime groups is 1. The normalized spacial score (nSPS) is 25.5. The van der Waals surface area contributed by atoms with Crippen LogP contribution in [0.5, 0.6) is 0 Å². The molecule has 2 heterocycles. The monoisotopic (exact) mass is 571 g/mol. The Bertz CT molecular complexity index is 1120. The van der Waals surface area contributed by atoms with Gasteiger partial charge in [0.2, 0.25) is 11.8 Å². The second-order valence-electron chi connectivity index (χ2n) is 8.53. The molecular formula is C22H20Cl2F5N3O3S. The van der Waals surface area contributed by atoms with E-state index < -0.39 is 63.4 Å². The van der Waals surface area contributed by atoms with Crippen LogP contribution in [0.4, 0.5) is 22.0 Å². The van der Waals surface area contributed by atoms with Gasteiger partial charge in [-0.15, -0.1) is 11.8 Å². The Kier molecular flexibility index (Phi) is 7.78. The molecule has 1 aromatic carbocycles. The van der Waals surface area contributed by atoms with E-state index in [1.807, 2.05) is 0 Å². The number of alkyl halides is 4. The van der Waals surface area contributed by atoms with Crippen LogP contribution in [0.1, 0.15) is 31.2 Å². The Morgan fingerprint density at radius 2 is 1.92 bits per heavy atom. The number of hydrogen-bond donors (Lipinski definition) is 2. The van der Waals surface area contributed by atoms with Crippen molar-refractivity contribution in [2.24, 2.45) is 11.1 Å². The number of nitrogens with zero attached hydrogens (tertiary/aromatic N) is 1. The van der Waals surface area contributed by atoms with Crippen LogP contribution in [0.25, 0.3) is 0 Å². The summed E-state index contributed by atoms with van der Waals surface area (Å²) in [5, 5.41) is 6.74. The smallest absolute Gasteiger partial charge is 0.374 e. The lowest BCUT2D eigenvalue weighted by Gasteiger charge is -2.29. The number of nitrogens with one attached hydrogen (secondary N) is 2. The first-order chi connectivity index (χ1) is 17.0. The van der Waals surface area contributed by atoms with Crippen molar-refractivity contribution >= 4 is 52.5 Å². The van der Waals surface area contributed by atoms with Gasteiger partial charge in [0.1, 0.15) is 6.67 Å². The molecule has 14 heteroatoms. The summed E-state index contributed by atoms with van der Waals surface area (Å²) in [4.78, 5) is 30.0. The molecule has 1 aliphatic carbocycles. The fraction of sp³-hybridized carbons (Fsp3) is 0.500. The van der Waals surface area contributed by atoms with E-state index in [0.29, 0.717) is 17.7 Å². The molecule has 2 amide bonds. The van der Waals surface area contributed by atoms with E-state index in [1.54, 1.807) is 0 Å². The van der Waals surface area contributed by atoms with Crippen molar-refractivity contribution in [3.63, 3.8) is 0 Å². The Balaban J connectivity index is 1.55. The predicted octanol–water partition coefficient (Wildman–Crippen LogP) is 5.04. The molecule has 0 bridgehead atoms. The second-order valence-corrected chi connectivity index (χ2v) is 10.5. The van der Waals surface area contributed by atoms with Gasteiger partial charge < -0.3 is 15.5 Å². The molecule has 0 saturated heterocycles. The molecule has 36 heavy (non-hydrogen) atoms. The van der Waals surface area contributed by atoms with Gasteiger partial charge in [0.25, 0.3) is 5.60 Å². The van der Waals surface area contributed by atoms with Gasteiger partial charge in [0.05, 0.1) is 34.0 Å². The van der Waals surface area contributed by atoms with Gasteiger partial charge in [-0.05, 0) is 37.0 Å². The first-order valence-corrected chi connectivity index (χ1v) is 12.6. The van der Waals surface area contributed by atoms with Crippen LogP contribution < -0.4 is 10.6 Å². The zero-order valence-corrected chi connectivity index (χ0v) is 20.8. The highest BCUT2D eigenvalue weighted by Crippen LogP contribution is 2.55. The summed E-state index contributed by atoms with van der Waals surface area (Å²) in [5.74, 6) is -2.27. The third-order valence-electron chi connectivity index (χ3n) is 6.31. The van der Waals surface area contributed by atoms with Crippen LogP contribution in [-0.2, 0) is 20.0 Å². The van der Waals surface area contributed by atoms with E-state index in [0.717, 1.165) is 35.9 Å². The molecule has 0 aromatic heterocycles. The molecule has 0 spiro atoms. The summed E-state index contributed by atoms with van der Waals surface area (Å²) in [5.41, 5.74) is -2.58. The number of rotatable bonds is 7. The van der Waals surface area contributed by atoms with E-state index in [4.69, 9.17) is 28.0 Å². The number of fused-ring (bicyclic) bond motifs is 1. The molecule has 1 aromatic rings. The van der Waals surface area contributed by atoms with Crippen LogP contribution in [0, 0.1) is 11.7 Å². The maximum absolute atomic E-state index is 14.3. The fourth-order valence-corrected chi connectivity index (χ4v) is 6.64. The number of amides is 2.